The molecule has 0 unspecified atom stereocenters. The summed E-state index contributed by atoms with van der Waals surface area (Å²) in [6, 6.07) is 4.00. The van der Waals surface area contributed by atoms with Crippen LogP contribution in [0.3, 0.4) is 0 Å². The Balaban J connectivity index is 2.22. The minimum atomic E-state index is -1.12. The molecule has 0 atom stereocenters. The van der Waals surface area contributed by atoms with Gasteiger partial charge in [0.05, 0.1) is 17.9 Å². The molecule has 1 aromatic rings. The second-order valence-corrected chi connectivity index (χ2v) is 3.92. The summed E-state index contributed by atoms with van der Waals surface area (Å²) in [4.78, 5) is 12.6. The Morgan fingerprint density at radius 3 is 2.88 bits per heavy atom. The van der Waals surface area contributed by atoms with Gasteiger partial charge in [-0.05, 0) is 24.6 Å². The number of hydrogen-bond acceptors (Lipinski definition) is 3. The molecule has 17 heavy (non-hydrogen) atoms. The zero-order chi connectivity index (χ0) is 12.3. The third-order valence-electron chi connectivity index (χ3n) is 2.76. The number of halogens is 1. The second-order valence-electron chi connectivity index (χ2n) is 3.92. The van der Waals surface area contributed by atoms with Crippen LogP contribution in [-0.4, -0.2) is 37.4 Å². The van der Waals surface area contributed by atoms with E-state index in [0.29, 0.717) is 25.4 Å². The Labute approximate surface area is 98.6 Å². The van der Waals surface area contributed by atoms with E-state index in [1.165, 1.54) is 12.1 Å². The van der Waals surface area contributed by atoms with Crippen LogP contribution in [0.5, 0.6) is 0 Å². The summed E-state index contributed by atoms with van der Waals surface area (Å²) in [5, 5.41) is 8.76. The lowest BCUT2D eigenvalue weighted by atomic mass is 10.2. The molecule has 0 amide bonds. The SMILES string of the molecule is O=C(O)c1ccc(N2CCCOCC2)c(F)c1. The fourth-order valence-electron chi connectivity index (χ4n) is 1.88. The maximum atomic E-state index is 13.8. The predicted octanol–water partition coefficient (Wildman–Crippen LogP) is 1.75. The van der Waals surface area contributed by atoms with Gasteiger partial charge in [0.2, 0.25) is 0 Å². The molecule has 1 aromatic carbocycles. The molecule has 1 saturated heterocycles. The molecule has 1 heterocycles. The topological polar surface area (TPSA) is 49.8 Å². The molecule has 4 nitrogen and oxygen atoms in total. The van der Waals surface area contributed by atoms with E-state index in [-0.39, 0.29) is 5.56 Å². The van der Waals surface area contributed by atoms with Crippen LogP contribution in [0.1, 0.15) is 16.8 Å². The number of nitrogens with zero attached hydrogens (tertiary/aromatic N) is 1. The summed E-state index contributed by atoms with van der Waals surface area (Å²) in [7, 11) is 0. The summed E-state index contributed by atoms with van der Waals surface area (Å²) >= 11 is 0. The Kier molecular flexibility index (Phi) is 3.58. The van der Waals surface area contributed by atoms with Gasteiger partial charge in [0.1, 0.15) is 5.82 Å². The normalized spacial score (nSPS) is 16.6. The van der Waals surface area contributed by atoms with Gasteiger partial charge in [-0.25, -0.2) is 9.18 Å². The van der Waals surface area contributed by atoms with Crippen LogP contribution in [0, 0.1) is 5.82 Å². The van der Waals surface area contributed by atoms with Crippen LogP contribution in [0.15, 0.2) is 18.2 Å². The van der Waals surface area contributed by atoms with E-state index in [0.717, 1.165) is 19.0 Å². The van der Waals surface area contributed by atoms with Gasteiger partial charge in [0.25, 0.3) is 0 Å². The summed E-state index contributed by atoms with van der Waals surface area (Å²) < 4.78 is 19.1. The molecule has 1 aliphatic rings. The largest absolute Gasteiger partial charge is 0.478 e. The molecule has 1 fully saturated rings. The van der Waals surface area contributed by atoms with Crippen molar-refractivity contribution in [1.82, 2.24) is 0 Å². The first kappa shape index (κ1) is 11.9. The van der Waals surface area contributed by atoms with Crippen LogP contribution >= 0.6 is 0 Å². The van der Waals surface area contributed by atoms with E-state index in [1.54, 1.807) is 0 Å². The molecule has 0 spiro atoms. The van der Waals surface area contributed by atoms with Crippen LogP contribution in [0.2, 0.25) is 0 Å². The number of hydrogen-bond donors (Lipinski definition) is 1. The summed E-state index contributed by atoms with van der Waals surface area (Å²) in [6.07, 6.45) is 0.847. The van der Waals surface area contributed by atoms with Crippen molar-refractivity contribution in [2.24, 2.45) is 0 Å². The lowest BCUT2D eigenvalue weighted by Crippen LogP contribution is -2.26. The van der Waals surface area contributed by atoms with Gasteiger partial charge in [-0.2, -0.15) is 0 Å². The summed E-state index contributed by atoms with van der Waals surface area (Å²) in [5.74, 6) is -1.61. The number of carboxylic acids is 1. The first-order chi connectivity index (χ1) is 8.18. The van der Waals surface area contributed by atoms with Gasteiger partial charge in [-0.15, -0.1) is 0 Å². The number of aromatic carboxylic acids is 1. The van der Waals surface area contributed by atoms with Crippen molar-refractivity contribution < 1.29 is 19.0 Å². The molecule has 1 N–H and O–H groups in total. The maximum Gasteiger partial charge on any atom is 0.335 e. The average molecular weight is 239 g/mol. The molecule has 0 bridgehead atoms. The van der Waals surface area contributed by atoms with Crippen LogP contribution in [0.4, 0.5) is 10.1 Å². The molecule has 2 rings (SSSR count). The molecular weight excluding hydrogens is 225 g/mol. The predicted molar refractivity (Wildman–Crippen MR) is 61.0 cm³/mol. The Bertz CT molecular complexity index is 414. The molecule has 1 aliphatic heterocycles. The van der Waals surface area contributed by atoms with Crippen molar-refractivity contribution in [2.45, 2.75) is 6.42 Å². The lowest BCUT2D eigenvalue weighted by Gasteiger charge is -2.22. The Morgan fingerprint density at radius 2 is 2.18 bits per heavy atom. The number of anilines is 1. The van der Waals surface area contributed by atoms with Gasteiger partial charge < -0.3 is 14.7 Å². The van der Waals surface area contributed by atoms with E-state index < -0.39 is 11.8 Å². The number of benzene rings is 1. The molecule has 92 valence electrons. The molecule has 0 radical (unpaired) electrons. The molecule has 5 heteroatoms. The zero-order valence-electron chi connectivity index (χ0n) is 9.36. The van der Waals surface area contributed by atoms with E-state index in [4.69, 9.17) is 9.84 Å². The highest BCUT2D eigenvalue weighted by molar-refractivity contribution is 5.88. The fourth-order valence-corrected chi connectivity index (χ4v) is 1.88. The van der Waals surface area contributed by atoms with E-state index in [1.807, 2.05) is 4.90 Å². The van der Waals surface area contributed by atoms with Crippen LogP contribution < -0.4 is 4.90 Å². The average Bonchev–Trinajstić information content (AvgIpc) is 2.57. The monoisotopic (exact) mass is 239 g/mol. The van der Waals surface area contributed by atoms with Crippen molar-refractivity contribution in [1.29, 1.82) is 0 Å². The second kappa shape index (κ2) is 5.14. The third kappa shape index (κ3) is 2.74. The zero-order valence-corrected chi connectivity index (χ0v) is 9.36. The van der Waals surface area contributed by atoms with Gasteiger partial charge in [-0.1, -0.05) is 0 Å². The van der Waals surface area contributed by atoms with Crippen molar-refractivity contribution in [3.05, 3.63) is 29.6 Å². The number of ether oxygens (including phenoxy) is 1. The first-order valence-electron chi connectivity index (χ1n) is 5.54. The highest BCUT2D eigenvalue weighted by Gasteiger charge is 2.15. The number of carbonyl (C=O) groups is 1. The van der Waals surface area contributed by atoms with E-state index >= 15 is 0 Å². The third-order valence-corrected chi connectivity index (χ3v) is 2.76. The van der Waals surface area contributed by atoms with Crippen LogP contribution in [0.25, 0.3) is 0 Å². The number of carboxylic acid groups (broad SMARTS) is 1. The minimum Gasteiger partial charge on any atom is -0.478 e. The van der Waals surface area contributed by atoms with Gasteiger partial charge >= 0.3 is 5.97 Å². The quantitative estimate of drug-likeness (QED) is 0.854. The lowest BCUT2D eigenvalue weighted by molar-refractivity contribution is 0.0696. The first-order valence-corrected chi connectivity index (χ1v) is 5.54. The van der Waals surface area contributed by atoms with Crippen molar-refractivity contribution in [3.8, 4) is 0 Å². The smallest absolute Gasteiger partial charge is 0.335 e. The van der Waals surface area contributed by atoms with Gasteiger partial charge in [0.15, 0.2) is 0 Å². The van der Waals surface area contributed by atoms with Crippen molar-refractivity contribution in [3.63, 3.8) is 0 Å². The molecule has 0 saturated carbocycles. The van der Waals surface area contributed by atoms with Crippen LogP contribution in [-0.2, 0) is 4.74 Å². The minimum absolute atomic E-state index is 0.0303. The van der Waals surface area contributed by atoms with Gasteiger partial charge in [0, 0.05) is 19.7 Å². The van der Waals surface area contributed by atoms with Gasteiger partial charge in [-0.3, -0.25) is 0 Å². The van der Waals surface area contributed by atoms with Crippen molar-refractivity contribution in [2.75, 3.05) is 31.2 Å². The standard InChI is InChI=1S/C12H14FNO3/c13-10-8-9(12(15)16)2-3-11(10)14-4-1-6-17-7-5-14/h2-3,8H,1,4-7H2,(H,15,16). The Hall–Kier alpha value is -1.62. The Morgan fingerprint density at radius 1 is 1.35 bits per heavy atom. The molecular formula is C12H14FNO3. The van der Waals surface area contributed by atoms with E-state index in [2.05, 4.69) is 0 Å². The summed E-state index contributed by atoms with van der Waals surface area (Å²) in [6.45, 7) is 2.61. The molecule has 0 aliphatic carbocycles. The summed E-state index contributed by atoms with van der Waals surface area (Å²) in [5.41, 5.74) is 0.415. The number of rotatable bonds is 2. The van der Waals surface area contributed by atoms with E-state index in [9.17, 15) is 9.18 Å². The van der Waals surface area contributed by atoms with Crippen molar-refractivity contribution >= 4 is 11.7 Å². The fraction of sp³-hybridized carbons (Fsp3) is 0.417. The highest BCUT2D eigenvalue weighted by Crippen LogP contribution is 2.21. The highest BCUT2D eigenvalue weighted by atomic mass is 19.1. The molecule has 0 aromatic heterocycles. The maximum absolute atomic E-state index is 13.8.